The summed E-state index contributed by atoms with van der Waals surface area (Å²) < 4.78 is 0. The van der Waals surface area contributed by atoms with E-state index in [0.29, 0.717) is 10.6 Å². The Balaban J connectivity index is 1.67. The second-order valence-corrected chi connectivity index (χ2v) is 9.86. The number of nitrogens with one attached hydrogen (secondary N) is 1. The Kier molecular flexibility index (Phi) is 5.27. The molecule has 0 aromatic carbocycles. The number of hydrogen-bond acceptors (Lipinski definition) is 4. The van der Waals surface area contributed by atoms with Crippen LogP contribution < -0.4 is 11.1 Å². The smallest absolute Gasteiger partial charge is 0.307 e. The molecule has 0 aliphatic heterocycles. The van der Waals surface area contributed by atoms with Crippen molar-refractivity contribution in [1.82, 2.24) is 0 Å². The zero-order valence-corrected chi connectivity index (χ0v) is 17.7. The van der Waals surface area contributed by atoms with E-state index in [1.54, 1.807) is 0 Å². The molecule has 1 aromatic rings. The molecule has 0 radical (unpaired) electrons. The number of carboxylic acid groups (broad SMARTS) is 1. The van der Waals surface area contributed by atoms with E-state index in [1.165, 1.54) is 11.3 Å². The largest absolute Gasteiger partial charge is 0.481 e. The van der Waals surface area contributed by atoms with Gasteiger partial charge in [-0.1, -0.05) is 17.6 Å². The normalized spacial score (nSPS) is 28.0. The summed E-state index contributed by atoms with van der Waals surface area (Å²) in [5.41, 5.74) is 9.35. The maximum Gasteiger partial charge on any atom is 0.307 e. The number of fused-ring (bicyclic) bond motifs is 3. The van der Waals surface area contributed by atoms with E-state index >= 15 is 0 Å². The van der Waals surface area contributed by atoms with E-state index in [1.807, 2.05) is 13.8 Å². The standard InChI is InChI=1S/C22H28N2O4S/c1-10(2)15-12-8-9-13(15)17(22(27)28)16(12)20(26)24-21-18(19(23)25)11-6-4-3-5-7-14(11)29-21/h12-13,16-17H,3-9H2,1-2H3,(H2,23,25)(H,24,26)(H,27,28)/t12-,13+,16+,17+/m0/s1. The number of carbonyl (C=O) groups excluding carboxylic acids is 2. The van der Waals surface area contributed by atoms with Crippen molar-refractivity contribution in [3.05, 3.63) is 27.2 Å². The minimum atomic E-state index is -0.909. The highest BCUT2D eigenvalue weighted by atomic mass is 32.1. The molecule has 4 atom stereocenters. The fraction of sp³-hybridized carbons (Fsp3) is 0.591. The molecule has 1 aromatic heterocycles. The lowest BCUT2D eigenvalue weighted by atomic mass is 9.78. The fourth-order valence-corrected chi connectivity index (χ4v) is 7.19. The number of anilines is 1. The van der Waals surface area contributed by atoms with E-state index in [2.05, 4.69) is 5.32 Å². The van der Waals surface area contributed by atoms with E-state index < -0.39 is 23.7 Å². The molecule has 0 spiro atoms. The Bertz CT molecular complexity index is 912. The third kappa shape index (κ3) is 3.29. The number of carboxylic acids is 1. The Morgan fingerprint density at radius 3 is 2.31 bits per heavy atom. The molecule has 4 rings (SSSR count). The minimum Gasteiger partial charge on any atom is -0.481 e. The summed E-state index contributed by atoms with van der Waals surface area (Å²) in [6, 6.07) is 0. The molecule has 6 nitrogen and oxygen atoms in total. The van der Waals surface area contributed by atoms with Gasteiger partial charge in [0.2, 0.25) is 5.91 Å². The average Bonchev–Trinajstić information content (AvgIpc) is 3.26. The van der Waals surface area contributed by atoms with Crippen molar-refractivity contribution in [1.29, 1.82) is 0 Å². The summed E-state index contributed by atoms with van der Waals surface area (Å²) in [6.45, 7) is 4.00. The third-order valence-corrected chi connectivity index (χ3v) is 8.12. The van der Waals surface area contributed by atoms with Crippen LogP contribution in [-0.4, -0.2) is 22.9 Å². The summed E-state index contributed by atoms with van der Waals surface area (Å²) in [4.78, 5) is 38.6. The Morgan fingerprint density at radius 2 is 1.69 bits per heavy atom. The van der Waals surface area contributed by atoms with Crippen LogP contribution in [0.3, 0.4) is 0 Å². The fourth-order valence-electron chi connectivity index (χ4n) is 5.89. The molecule has 2 saturated carbocycles. The van der Waals surface area contributed by atoms with Gasteiger partial charge in [-0.05, 0) is 69.8 Å². The summed E-state index contributed by atoms with van der Waals surface area (Å²) in [7, 11) is 0. The molecular formula is C22H28N2O4S. The first kappa shape index (κ1) is 20.1. The highest BCUT2D eigenvalue weighted by molar-refractivity contribution is 7.17. The molecule has 1 heterocycles. The first-order valence-electron chi connectivity index (χ1n) is 10.5. The van der Waals surface area contributed by atoms with Gasteiger partial charge in [0.15, 0.2) is 0 Å². The predicted octanol–water partition coefficient (Wildman–Crippen LogP) is 3.75. The molecule has 3 aliphatic carbocycles. The van der Waals surface area contributed by atoms with E-state index in [0.717, 1.165) is 66.5 Å². The lowest BCUT2D eigenvalue weighted by Crippen LogP contribution is -2.38. The first-order chi connectivity index (χ1) is 13.8. The van der Waals surface area contributed by atoms with Gasteiger partial charge in [0.25, 0.3) is 5.91 Å². The predicted molar refractivity (Wildman–Crippen MR) is 112 cm³/mol. The van der Waals surface area contributed by atoms with Crippen LogP contribution in [0, 0.1) is 23.7 Å². The average molecular weight is 417 g/mol. The molecule has 0 saturated heterocycles. The van der Waals surface area contributed by atoms with Crippen LogP contribution >= 0.6 is 11.3 Å². The quantitative estimate of drug-likeness (QED) is 0.513. The molecule has 0 unspecified atom stereocenters. The molecule has 29 heavy (non-hydrogen) atoms. The summed E-state index contributed by atoms with van der Waals surface area (Å²) >= 11 is 1.44. The van der Waals surface area contributed by atoms with Crippen LogP contribution in [0.15, 0.2) is 11.1 Å². The van der Waals surface area contributed by atoms with Crippen LogP contribution in [0.25, 0.3) is 0 Å². The van der Waals surface area contributed by atoms with Crippen LogP contribution in [0.5, 0.6) is 0 Å². The molecule has 4 N–H and O–H groups in total. The zero-order valence-electron chi connectivity index (χ0n) is 16.9. The van der Waals surface area contributed by atoms with Crippen molar-refractivity contribution in [3.63, 3.8) is 0 Å². The summed E-state index contributed by atoms with van der Waals surface area (Å²) in [6.07, 6.45) is 6.56. The van der Waals surface area contributed by atoms with E-state index in [4.69, 9.17) is 5.73 Å². The molecule has 2 amide bonds. The monoisotopic (exact) mass is 416 g/mol. The number of rotatable bonds is 4. The highest BCUT2D eigenvalue weighted by Gasteiger charge is 2.57. The first-order valence-corrected chi connectivity index (χ1v) is 11.3. The Morgan fingerprint density at radius 1 is 1.03 bits per heavy atom. The molecule has 2 bridgehead atoms. The lowest BCUT2D eigenvalue weighted by molar-refractivity contribution is -0.148. The molecule has 7 heteroatoms. The molecule has 156 valence electrons. The Hall–Kier alpha value is -2.15. The number of nitrogens with two attached hydrogens (primary N) is 1. The van der Waals surface area contributed by atoms with Crippen molar-refractivity contribution in [2.24, 2.45) is 29.4 Å². The summed E-state index contributed by atoms with van der Waals surface area (Å²) in [5.74, 6) is -3.11. The van der Waals surface area contributed by atoms with Gasteiger partial charge in [-0.15, -0.1) is 11.3 Å². The van der Waals surface area contributed by atoms with Crippen LogP contribution in [0.1, 0.15) is 66.8 Å². The Labute approximate surface area is 174 Å². The summed E-state index contributed by atoms with van der Waals surface area (Å²) in [5, 5.41) is 13.3. The number of thiophene rings is 1. The lowest BCUT2D eigenvalue weighted by Gasteiger charge is -2.26. The van der Waals surface area contributed by atoms with Crippen LogP contribution in [-0.2, 0) is 22.4 Å². The number of allylic oxidation sites excluding steroid dienone is 2. The number of amides is 2. The molecular weight excluding hydrogens is 388 g/mol. The zero-order chi connectivity index (χ0) is 20.9. The molecule has 2 fully saturated rings. The molecule has 3 aliphatic rings. The van der Waals surface area contributed by atoms with Gasteiger partial charge in [-0.25, -0.2) is 0 Å². The minimum absolute atomic E-state index is 0.0269. The highest BCUT2D eigenvalue weighted by Crippen LogP contribution is 2.57. The van der Waals surface area contributed by atoms with Crippen molar-refractivity contribution in [3.8, 4) is 0 Å². The van der Waals surface area contributed by atoms with Crippen molar-refractivity contribution in [2.75, 3.05) is 5.32 Å². The van der Waals surface area contributed by atoms with E-state index in [-0.39, 0.29) is 17.7 Å². The van der Waals surface area contributed by atoms with Crippen LogP contribution in [0.4, 0.5) is 5.00 Å². The van der Waals surface area contributed by atoms with Gasteiger partial charge in [-0.3, -0.25) is 14.4 Å². The third-order valence-electron chi connectivity index (χ3n) is 6.91. The number of aliphatic carboxylic acids is 1. The number of aryl methyl sites for hydroxylation is 1. The van der Waals surface area contributed by atoms with Gasteiger partial charge >= 0.3 is 5.97 Å². The maximum atomic E-state index is 13.3. The van der Waals surface area contributed by atoms with Gasteiger partial charge in [-0.2, -0.15) is 0 Å². The number of primary amides is 1. The number of hydrogen-bond donors (Lipinski definition) is 3. The number of carbonyl (C=O) groups is 3. The van der Waals surface area contributed by atoms with Gasteiger partial charge in [0.1, 0.15) is 5.00 Å². The topological polar surface area (TPSA) is 109 Å². The van der Waals surface area contributed by atoms with Gasteiger partial charge in [0.05, 0.1) is 17.4 Å². The second kappa shape index (κ2) is 7.59. The van der Waals surface area contributed by atoms with Crippen molar-refractivity contribution in [2.45, 2.75) is 58.8 Å². The SMILES string of the molecule is CC(C)=C1[C@H]2CC[C@@H]1[C@@H](C(=O)Nc1sc3c(c1C(N)=O)CCCCC3)[C@@H]2C(=O)O. The second-order valence-electron chi connectivity index (χ2n) is 8.76. The van der Waals surface area contributed by atoms with Crippen molar-refractivity contribution < 1.29 is 19.5 Å². The van der Waals surface area contributed by atoms with Crippen molar-refractivity contribution >= 4 is 34.1 Å². The van der Waals surface area contributed by atoms with Crippen LogP contribution in [0.2, 0.25) is 0 Å². The maximum absolute atomic E-state index is 13.3. The van der Waals surface area contributed by atoms with Gasteiger partial charge < -0.3 is 16.2 Å². The van der Waals surface area contributed by atoms with E-state index in [9.17, 15) is 19.5 Å². The van der Waals surface area contributed by atoms with Gasteiger partial charge in [0, 0.05) is 4.88 Å².